The number of carbonyl (C=O) groups excluding carboxylic acids is 1. The van der Waals surface area contributed by atoms with E-state index in [9.17, 15) is 9.59 Å². The van der Waals surface area contributed by atoms with Gasteiger partial charge in [-0.05, 0) is 36.3 Å². The van der Waals surface area contributed by atoms with Crippen LogP contribution in [-0.2, 0) is 9.59 Å². The van der Waals surface area contributed by atoms with Crippen LogP contribution in [0.5, 0.6) is 0 Å². The van der Waals surface area contributed by atoms with Crippen LogP contribution in [0.1, 0.15) is 12.0 Å². The van der Waals surface area contributed by atoms with Crippen molar-refractivity contribution in [3.05, 3.63) is 39.9 Å². The Balaban J connectivity index is 2.03. The summed E-state index contributed by atoms with van der Waals surface area (Å²) in [7, 11) is 0. The lowest BCUT2D eigenvalue weighted by molar-refractivity contribution is -0.141. The van der Waals surface area contributed by atoms with Crippen molar-refractivity contribution in [1.29, 1.82) is 0 Å². The van der Waals surface area contributed by atoms with Gasteiger partial charge in [-0.15, -0.1) is 0 Å². The molecule has 1 atom stereocenters. The van der Waals surface area contributed by atoms with Crippen LogP contribution in [0.15, 0.2) is 24.3 Å². The van der Waals surface area contributed by atoms with Crippen LogP contribution < -0.4 is 0 Å². The Hall–Kier alpha value is -1.52. The average molecular weight is 314 g/mol. The molecule has 2 rings (SSSR count). The van der Waals surface area contributed by atoms with Crippen molar-refractivity contribution in [2.75, 3.05) is 13.1 Å². The molecule has 106 valence electrons. The summed E-state index contributed by atoms with van der Waals surface area (Å²) in [4.78, 5) is 24.3. The Labute approximate surface area is 126 Å². The van der Waals surface area contributed by atoms with E-state index in [-0.39, 0.29) is 12.5 Å². The lowest BCUT2D eigenvalue weighted by Gasteiger charge is -2.12. The first kappa shape index (κ1) is 14.9. The normalized spacial score (nSPS) is 18.7. The SMILES string of the molecule is O=C(O)C1CCN(C(=O)C=Cc2cc(Cl)ccc2Cl)C1. The Morgan fingerprint density at radius 2 is 2.10 bits per heavy atom. The first-order valence-electron chi connectivity index (χ1n) is 6.12. The predicted octanol–water partition coefficient (Wildman–Crippen LogP) is 2.94. The zero-order valence-electron chi connectivity index (χ0n) is 10.6. The van der Waals surface area contributed by atoms with Crippen molar-refractivity contribution in [2.45, 2.75) is 6.42 Å². The highest BCUT2D eigenvalue weighted by Gasteiger charge is 2.29. The van der Waals surface area contributed by atoms with Crippen molar-refractivity contribution in [3.63, 3.8) is 0 Å². The van der Waals surface area contributed by atoms with Gasteiger partial charge in [-0.3, -0.25) is 9.59 Å². The minimum atomic E-state index is -0.859. The smallest absolute Gasteiger partial charge is 0.308 e. The van der Waals surface area contributed by atoms with Crippen LogP contribution in [0.2, 0.25) is 10.0 Å². The summed E-state index contributed by atoms with van der Waals surface area (Å²) >= 11 is 11.9. The molecule has 1 aromatic rings. The lowest BCUT2D eigenvalue weighted by Crippen LogP contribution is -2.28. The molecule has 1 aliphatic heterocycles. The molecule has 0 aliphatic carbocycles. The number of hydrogen-bond acceptors (Lipinski definition) is 2. The van der Waals surface area contributed by atoms with Crippen LogP contribution in [0.3, 0.4) is 0 Å². The van der Waals surface area contributed by atoms with Crippen LogP contribution >= 0.6 is 23.2 Å². The van der Waals surface area contributed by atoms with Crippen LogP contribution in [0.4, 0.5) is 0 Å². The topological polar surface area (TPSA) is 57.6 Å². The van der Waals surface area contributed by atoms with Gasteiger partial charge in [-0.2, -0.15) is 0 Å². The highest BCUT2D eigenvalue weighted by atomic mass is 35.5. The molecule has 1 unspecified atom stereocenters. The third-order valence-corrected chi connectivity index (χ3v) is 3.79. The summed E-state index contributed by atoms with van der Waals surface area (Å²) in [5, 5.41) is 9.94. The van der Waals surface area contributed by atoms with E-state index in [1.807, 2.05) is 0 Å². The Bertz CT molecular complexity index is 572. The Morgan fingerprint density at radius 1 is 1.35 bits per heavy atom. The van der Waals surface area contributed by atoms with E-state index in [1.54, 1.807) is 24.3 Å². The number of benzene rings is 1. The number of amides is 1. The third-order valence-electron chi connectivity index (χ3n) is 3.21. The molecule has 1 amide bonds. The molecule has 1 fully saturated rings. The number of carboxylic acid groups (broad SMARTS) is 1. The monoisotopic (exact) mass is 313 g/mol. The van der Waals surface area contributed by atoms with Gasteiger partial charge in [0, 0.05) is 29.2 Å². The second kappa shape index (κ2) is 6.29. The van der Waals surface area contributed by atoms with Gasteiger partial charge in [-0.25, -0.2) is 0 Å². The summed E-state index contributed by atoms with van der Waals surface area (Å²) in [6.45, 7) is 0.713. The van der Waals surface area contributed by atoms with Crippen molar-refractivity contribution in [1.82, 2.24) is 4.90 Å². The molecular formula is C14H13Cl2NO3. The first-order valence-corrected chi connectivity index (χ1v) is 6.88. The number of rotatable bonds is 3. The first-order chi connectivity index (χ1) is 9.47. The lowest BCUT2D eigenvalue weighted by atomic mass is 10.1. The maximum Gasteiger partial charge on any atom is 0.308 e. The molecule has 1 aliphatic rings. The van der Waals surface area contributed by atoms with E-state index in [4.69, 9.17) is 28.3 Å². The van der Waals surface area contributed by atoms with Gasteiger partial charge in [0.15, 0.2) is 0 Å². The maximum atomic E-state index is 12.0. The molecule has 0 bridgehead atoms. The van der Waals surface area contributed by atoms with E-state index in [0.29, 0.717) is 28.6 Å². The number of carbonyl (C=O) groups is 2. The van der Waals surface area contributed by atoms with Gasteiger partial charge in [0.2, 0.25) is 5.91 Å². The number of carboxylic acids is 1. The van der Waals surface area contributed by atoms with Gasteiger partial charge >= 0.3 is 5.97 Å². The minimum absolute atomic E-state index is 0.218. The highest BCUT2D eigenvalue weighted by molar-refractivity contribution is 6.34. The summed E-state index contributed by atoms with van der Waals surface area (Å²) in [5.74, 6) is -1.55. The van der Waals surface area contributed by atoms with E-state index in [2.05, 4.69) is 0 Å². The van der Waals surface area contributed by atoms with Gasteiger partial charge in [-0.1, -0.05) is 23.2 Å². The molecule has 1 aromatic carbocycles. The zero-order chi connectivity index (χ0) is 14.7. The third kappa shape index (κ3) is 3.52. The second-order valence-corrected chi connectivity index (χ2v) is 5.45. The molecule has 0 radical (unpaired) electrons. The Kier molecular flexibility index (Phi) is 4.68. The maximum absolute atomic E-state index is 12.0. The van der Waals surface area contributed by atoms with Crippen molar-refractivity contribution in [2.24, 2.45) is 5.92 Å². The number of halogens is 2. The van der Waals surface area contributed by atoms with Gasteiger partial charge in [0.25, 0.3) is 0 Å². The molecule has 6 heteroatoms. The predicted molar refractivity (Wildman–Crippen MR) is 77.8 cm³/mol. The molecule has 1 heterocycles. The minimum Gasteiger partial charge on any atom is -0.481 e. The largest absolute Gasteiger partial charge is 0.481 e. The molecule has 20 heavy (non-hydrogen) atoms. The summed E-state index contributed by atoms with van der Waals surface area (Å²) in [5.41, 5.74) is 0.654. The van der Waals surface area contributed by atoms with Gasteiger partial charge < -0.3 is 10.0 Å². The summed E-state index contributed by atoms with van der Waals surface area (Å²) in [6, 6.07) is 4.99. The number of aliphatic carboxylic acids is 1. The zero-order valence-corrected chi connectivity index (χ0v) is 12.1. The van der Waals surface area contributed by atoms with Crippen molar-refractivity contribution < 1.29 is 14.7 Å². The van der Waals surface area contributed by atoms with Gasteiger partial charge in [0.05, 0.1) is 5.92 Å². The van der Waals surface area contributed by atoms with Crippen molar-refractivity contribution in [3.8, 4) is 0 Å². The molecule has 0 spiro atoms. The van der Waals surface area contributed by atoms with E-state index >= 15 is 0 Å². The van der Waals surface area contributed by atoms with Crippen LogP contribution in [-0.4, -0.2) is 35.0 Å². The fourth-order valence-corrected chi connectivity index (χ4v) is 2.43. The van der Waals surface area contributed by atoms with E-state index in [1.165, 1.54) is 11.0 Å². The van der Waals surface area contributed by atoms with E-state index in [0.717, 1.165) is 0 Å². The second-order valence-electron chi connectivity index (χ2n) is 4.61. The highest BCUT2D eigenvalue weighted by Crippen LogP contribution is 2.22. The van der Waals surface area contributed by atoms with Gasteiger partial charge in [0.1, 0.15) is 0 Å². The molecule has 1 saturated heterocycles. The summed E-state index contributed by atoms with van der Waals surface area (Å²) < 4.78 is 0. The standard InChI is InChI=1S/C14H13Cl2NO3/c15-11-2-3-12(16)9(7-11)1-4-13(18)17-6-5-10(8-17)14(19)20/h1-4,7,10H,5-6,8H2,(H,19,20). The fraction of sp³-hybridized carbons (Fsp3) is 0.286. The average Bonchev–Trinajstić information content (AvgIpc) is 2.89. The molecule has 0 saturated carbocycles. The quantitative estimate of drug-likeness (QED) is 0.873. The van der Waals surface area contributed by atoms with Crippen molar-refractivity contribution >= 4 is 41.2 Å². The van der Waals surface area contributed by atoms with Crippen LogP contribution in [0.25, 0.3) is 6.08 Å². The number of nitrogens with zero attached hydrogens (tertiary/aromatic N) is 1. The summed E-state index contributed by atoms with van der Waals surface area (Å²) in [6.07, 6.45) is 3.47. The number of hydrogen-bond donors (Lipinski definition) is 1. The van der Waals surface area contributed by atoms with E-state index < -0.39 is 11.9 Å². The molecule has 0 aromatic heterocycles. The fourth-order valence-electron chi connectivity index (χ4n) is 2.07. The molecule has 4 nitrogen and oxygen atoms in total. The number of likely N-dealkylation sites (tertiary alicyclic amines) is 1. The molecular weight excluding hydrogens is 301 g/mol. The molecule has 1 N–H and O–H groups in total. The Morgan fingerprint density at radius 3 is 2.75 bits per heavy atom. The van der Waals surface area contributed by atoms with Crippen LogP contribution in [0, 0.1) is 5.92 Å².